The van der Waals surface area contributed by atoms with Crippen molar-refractivity contribution in [1.29, 1.82) is 0 Å². The largest absolute Gasteiger partial charge is 0.461 e. The number of esters is 1. The van der Waals surface area contributed by atoms with Crippen molar-refractivity contribution in [3.05, 3.63) is 35.9 Å². The number of nitrogens with zero attached hydrogens (tertiary/aromatic N) is 1. The summed E-state index contributed by atoms with van der Waals surface area (Å²) >= 11 is 0. The van der Waals surface area contributed by atoms with Gasteiger partial charge < -0.3 is 15.5 Å². The molecule has 20 heavy (non-hydrogen) atoms. The van der Waals surface area contributed by atoms with E-state index in [1.165, 1.54) is 0 Å². The molecule has 2 heterocycles. The van der Waals surface area contributed by atoms with Gasteiger partial charge in [0.1, 0.15) is 5.69 Å². The molecule has 0 amide bonds. The number of carbonyl (C=O) groups excluding carboxylic acids is 1. The van der Waals surface area contributed by atoms with Crippen molar-refractivity contribution < 1.29 is 9.53 Å². The summed E-state index contributed by atoms with van der Waals surface area (Å²) in [6, 6.07) is 3.82. The molecule has 3 N–H and O–H groups in total. The normalized spacial score (nSPS) is 14.2. The summed E-state index contributed by atoms with van der Waals surface area (Å²) in [5.74, 6) is 0.0534. The van der Waals surface area contributed by atoms with Gasteiger partial charge in [0.2, 0.25) is 0 Å². The van der Waals surface area contributed by atoms with Crippen LogP contribution in [-0.4, -0.2) is 22.5 Å². The molecule has 0 radical (unpaired) electrons. The lowest BCUT2D eigenvalue weighted by Gasteiger charge is -2.04. The Labute approximate surface area is 117 Å². The van der Waals surface area contributed by atoms with E-state index < -0.39 is 5.97 Å². The first kappa shape index (κ1) is 12.7. The monoisotopic (exact) mass is 271 g/mol. The van der Waals surface area contributed by atoms with Gasteiger partial charge in [0.25, 0.3) is 0 Å². The number of aromatic nitrogens is 2. The molecule has 3 rings (SSSR count). The Kier molecular flexibility index (Phi) is 3.18. The molecule has 1 fully saturated rings. The van der Waals surface area contributed by atoms with Gasteiger partial charge in [0, 0.05) is 29.2 Å². The topological polar surface area (TPSA) is 81.0 Å². The van der Waals surface area contributed by atoms with Gasteiger partial charge in [-0.2, -0.15) is 0 Å². The van der Waals surface area contributed by atoms with Crippen LogP contribution in [0.4, 0.5) is 5.69 Å². The maximum Gasteiger partial charge on any atom is 0.356 e. The standard InChI is InChI=1S/C15H17N3O2/c1-2-20-15(19)14-12(16)11(10-4-3-7-17-8-10)13(18-14)9-5-6-9/h3-4,7-9,18H,2,5-6,16H2,1H3. The highest BCUT2D eigenvalue weighted by atomic mass is 16.5. The first-order valence-electron chi connectivity index (χ1n) is 6.81. The van der Waals surface area contributed by atoms with Crippen molar-refractivity contribution >= 4 is 11.7 Å². The molecule has 2 aromatic heterocycles. The fourth-order valence-electron chi connectivity index (χ4n) is 2.40. The molecule has 5 heteroatoms. The third kappa shape index (κ3) is 2.15. The maximum absolute atomic E-state index is 12.0. The summed E-state index contributed by atoms with van der Waals surface area (Å²) in [6.07, 6.45) is 5.72. The average molecular weight is 271 g/mol. The molecule has 0 spiro atoms. The number of H-pyrrole nitrogens is 1. The number of nitrogen functional groups attached to an aromatic ring is 1. The van der Waals surface area contributed by atoms with E-state index >= 15 is 0 Å². The number of nitrogens with two attached hydrogens (primary N) is 1. The van der Waals surface area contributed by atoms with E-state index in [4.69, 9.17) is 10.5 Å². The second kappa shape index (κ2) is 5.00. The first-order valence-corrected chi connectivity index (χ1v) is 6.81. The van der Waals surface area contributed by atoms with Gasteiger partial charge in [0.05, 0.1) is 12.3 Å². The molecule has 0 unspecified atom stereocenters. The maximum atomic E-state index is 12.0. The SMILES string of the molecule is CCOC(=O)c1[nH]c(C2CC2)c(-c2cccnc2)c1N. The van der Waals surface area contributed by atoms with Crippen molar-refractivity contribution in [2.45, 2.75) is 25.7 Å². The summed E-state index contributed by atoms with van der Waals surface area (Å²) in [5, 5.41) is 0. The highest BCUT2D eigenvalue weighted by Gasteiger charge is 2.32. The van der Waals surface area contributed by atoms with Crippen LogP contribution in [0.5, 0.6) is 0 Å². The van der Waals surface area contributed by atoms with Crippen molar-refractivity contribution in [2.24, 2.45) is 0 Å². The number of ether oxygens (including phenoxy) is 1. The highest BCUT2D eigenvalue weighted by Crippen LogP contribution is 2.46. The van der Waals surface area contributed by atoms with Crippen LogP contribution in [0.15, 0.2) is 24.5 Å². The zero-order valence-electron chi connectivity index (χ0n) is 11.3. The molecule has 0 atom stereocenters. The lowest BCUT2D eigenvalue weighted by atomic mass is 10.0. The molecule has 104 valence electrons. The van der Waals surface area contributed by atoms with Crippen molar-refractivity contribution in [2.75, 3.05) is 12.3 Å². The van der Waals surface area contributed by atoms with Gasteiger partial charge in [-0.3, -0.25) is 4.98 Å². The molecular weight excluding hydrogens is 254 g/mol. The van der Waals surface area contributed by atoms with Gasteiger partial charge in [0.15, 0.2) is 0 Å². The Hall–Kier alpha value is -2.30. The minimum Gasteiger partial charge on any atom is -0.461 e. The molecule has 0 aliphatic heterocycles. The van der Waals surface area contributed by atoms with Crippen LogP contribution in [0.3, 0.4) is 0 Å². The van der Waals surface area contributed by atoms with Crippen LogP contribution in [-0.2, 0) is 4.74 Å². The summed E-state index contributed by atoms with van der Waals surface area (Å²) in [4.78, 5) is 19.3. The van der Waals surface area contributed by atoms with Crippen LogP contribution in [0.2, 0.25) is 0 Å². The van der Waals surface area contributed by atoms with Gasteiger partial charge in [-0.25, -0.2) is 4.79 Å². The highest BCUT2D eigenvalue weighted by molar-refractivity contribution is 5.99. The second-order valence-electron chi connectivity index (χ2n) is 4.94. The minimum atomic E-state index is -0.401. The number of rotatable bonds is 4. The van der Waals surface area contributed by atoms with Crippen molar-refractivity contribution in [3.63, 3.8) is 0 Å². The number of pyridine rings is 1. The van der Waals surface area contributed by atoms with Crippen LogP contribution in [0, 0.1) is 0 Å². The van der Waals surface area contributed by atoms with Crippen LogP contribution in [0.25, 0.3) is 11.1 Å². The van der Waals surface area contributed by atoms with Gasteiger partial charge in [-0.05, 0) is 31.7 Å². The van der Waals surface area contributed by atoms with E-state index in [1.807, 2.05) is 12.1 Å². The fourth-order valence-corrected chi connectivity index (χ4v) is 2.40. The predicted octanol–water partition coefficient (Wildman–Crippen LogP) is 2.71. The summed E-state index contributed by atoms with van der Waals surface area (Å²) in [5.41, 5.74) is 9.83. The number of aromatic amines is 1. The third-order valence-electron chi connectivity index (χ3n) is 3.48. The Morgan fingerprint density at radius 3 is 2.95 bits per heavy atom. The van der Waals surface area contributed by atoms with E-state index in [1.54, 1.807) is 19.3 Å². The smallest absolute Gasteiger partial charge is 0.356 e. The van der Waals surface area contributed by atoms with Crippen LogP contribution in [0.1, 0.15) is 41.9 Å². The first-order chi connectivity index (χ1) is 9.72. The zero-order valence-corrected chi connectivity index (χ0v) is 11.3. The Morgan fingerprint density at radius 2 is 2.35 bits per heavy atom. The molecule has 0 saturated heterocycles. The second-order valence-corrected chi connectivity index (χ2v) is 4.94. The molecule has 0 bridgehead atoms. The van der Waals surface area contributed by atoms with Gasteiger partial charge >= 0.3 is 5.97 Å². The molecular formula is C15H17N3O2. The minimum absolute atomic E-state index is 0.332. The average Bonchev–Trinajstić information content (AvgIpc) is 3.24. The molecule has 0 aromatic carbocycles. The van der Waals surface area contributed by atoms with Gasteiger partial charge in [-0.1, -0.05) is 6.07 Å². The van der Waals surface area contributed by atoms with E-state index in [9.17, 15) is 4.79 Å². The lowest BCUT2D eigenvalue weighted by Crippen LogP contribution is -2.07. The summed E-state index contributed by atoms with van der Waals surface area (Å²) in [7, 11) is 0. The Bertz CT molecular complexity index is 630. The number of hydrogen-bond acceptors (Lipinski definition) is 4. The van der Waals surface area contributed by atoms with E-state index in [2.05, 4.69) is 9.97 Å². The predicted molar refractivity (Wildman–Crippen MR) is 76.4 cm³/mol. The third-order valence-corrected chi connectivity index (χ3v) is 3.48. The van der Waals surface area contributed by atoms with Crippen LogP contribution >= 0.6 is 0 Å². The number of anilines is 1. The van der Waals surface area contributed by atoms with Crippen molar-refractivity contribution in [1.82, 2.24) is 9.97 Å². The van der Waals surface area contributed by atoms with Gasteiger partial charge in [-0.15, -0.1) is 0 Å². The molecule has 5 nitrogen and oxygen atoms in total. The Morgan fingerprint density at radius 1 is 1.55 bits per heavy atom. The molecule has 1 aliphatic carbocycles. The number of hydrogen-bond donors (Lipinski definition) is 2. The number of carbonyl (C=O) groups is 1. The van der Waals surface area contributed by atoms with E-state index in [0.29, 0.717) is 23.9 Å². The molecule has 1 aliphatic rings. The van der Waals surface area contributed by atoms with Crippen LogP contribution < -0.4 is 5.73 Å². The summed E-state index contributed by atoms with van der Waals surface area (Å²) < 4.78 is 5.05. The number of nitrogens with one attached hydrogen (secondary N) is 1. The fraction of sp³-hybridized carbons (Fsp3) is 0.333. The summed E-state index contributed by atoms with van der Waals surface area (Å²) in [6.45, 7) is 2.11. The van der Waals surface area contributed by atoms with E-state index in [-0.39, 0.29) is 0 Å². The van der Waals surface area contributed by atoms with Crippen molar-refractivity contribution in [3.8, 4) is 11.1 Å². The Balaban J connectivity index is 2.10. The quantitative estimate of drug-likeness (QED) is 0.838. The molecule has 2 aromatic rings. The zero-order chi connectivity index (χ0) is 14.1. The lowest BCUT2D eigenvalue weighted by molar-refractivity contribution is 0.0521. The molecule has 1 saturated carbocycles. The van der Waals surface area contributed by atoms with E-state index in [0.717, 1.165) is 29.7 Å².